The summed E-state index contributed by atoms with van der Waals surface area (Å²) in [6.07, 6.45) is 8.44. The minimum atomic E-state index is 0.135. The first-order chi connectivity index (χ1) is 11.6. The van der Waals surface area contributed by atoms with Gasteiger partial charge < -0.3 is 4.90 Å². The smallest absolute Gasteiger partial charge is 0.227 e. The fourth-order valence-corrected chi connectivity index (χ4v) is 3.70. The predicted molar refractivity (Wildman–Crippen MR) is 93.7 cm³/mol. The van der Waals surface area contributed by atoms with Crippen LogP contribution in [0.3, 0.4) is 0 Å². The van der Waals surface area contributed by atoms with Gasteiger partial charge in [0.1, 0.15) is 0 Å². The molecule has 0 spiro atoms. The number of aromatic amines is 1. The van der Waals surface area contributed by atoms with Gasteiger partial charge in [-0.15, -0.1) is 0 Å². The number of pyridine rings is 1. The quantitative estimate of drug-likeness (QED) is 0.940. The second-order valence-corrected chi connectivity index (χ2v) is 6.78. The molecule has 1 aliphatic heterocycles. The SMILES string of the molecule is Cc1ccncc1CC(=O)N1CCCCCC1c1c(C)n[nH]c1C. The van der Waals surface area contributed by atoms with Gasteiger partial charge in [0, 0.05) is 30.2 Å². The van der Waals surface area contributed by atoms with Crippen LogP contribution in [-0.4, -0.2) is 32.5 Å². The average molecular weight is 326 g/mol. The van der Waals surface area contributed by atoms with Crippen molar-refractivity contribution in [2.24, 2.45) is 0 Å². The standard InChI is InChI=1S/C19H26N4O/c1-13-8-9-20-12-16(13)11-18(24)23-10-6-4-5-7-17(23)19-14(2)21-22-15(19)3/h8-9,12,17H,4-7,10-11H2,1-3H3,(H,21,22). The summed E-state index contributed by atoms with van der Waals surface area (Å²) in [5, 5.41) is 7.42. The number of carbonyl (C=O) groups excluding carboxylic acids is 1. The molecule has 3 heterocycles. The van der Waals surface area contributed by atoms with E-state index in [4.69, 9.17) is 0 Å². The van der Waals surface area contributed by atoms with Gasteiger partial charge in [-0.25, -0.2) is 0 Å². The zero-order valence-electron chi connectivity index (χ0n) is 14.8. The summed E-state index contributed by atoms with van der Waals surface area (Å²) in [6.45, 7) is 6.94. The number of H-pyrrole nitrogens is 1. The molecule has 24 heavy (non-hydrogen) atoms. The monoisotopic (exact) mass is 326 g/mol. The molecule has 2 aromatic heterocycles. The van der Waals surface area contributed by atoms with Gasteiger partial charge in [-0.1, -0.05) is 12.8 Å². The van der Waals surface area contributed by atoms with E-state index in [2.05, 4.69) is 20.1 Å². The number of aromatic nitrogens is 3. The van der Waals surface area contributed by atoms with Crippen LogP contribution < -0.4 is 0 Å². The van der Waals surface area contributed by atoms with E-state index in [1.807, 2.05) is 33.0 Å². The Morgan fingerprint density at radius 3 is 2.83 bits per heavy atom. The molecule has 1 unspecified atom stereocenters. The Hall–Kier alpha value is -2.17. The topological polar surface area (TPSA) is 61.9 Å². The molecule has 5 nitrogen and oxygen atoms in total. The molecule has 0 saturated carbocycles. The van der Waals surface area contributed by atoms with Gasteiger partial charge in [0.05, 0.1) is 18.2 Å². The molecule has 1 atom stereocenters. The second kappa shape index (κ2) is 7.16. The highest BCUT2D eigenvalue weighted by atomic mass is 16.2. The minimum absolute atomic E-state index is 0.135. The molecule has 0 radical (unpaired) electrons. The number of likely N-dealkylation sites (tertiary alicyclic amines) is 1. The van der Waals surface area contributed by atoms with Crippen LogP contribution in [0.25, 0.3) is 0 Å². The van der Waals surface area contributed by atoms with E-state index >= 15 is 0 Å². The van der Waals surface area contributed by atoms with Crippen LogP contribution in [0.15, 0.2) is 18.5 Å². The molecule has 1 saturated heterocycles. The van der Waals surface area contributed by atoms with E-state index in [0.29, 0.717) is 6.42 Å². The van der Waals surface area contributed by atoms with Gasteiger partial charge in [0.2, 0.25) is 5.91 Å². The molecule has 1 fully saturated rings. The Balaban J connectivity index is 1.87. The van der Waals surface area contributed by atoms with Crippen molar-refractivity contribution < 1.29 is 4.79 Å². The Bertz CT molecular complexity index is 702. The van der Waals surface area contributed by atoms with Crippen molar-refractivity contribution in [3.05, 3.63) is 46.5 Å². The van der Waals surface area contributed by atoms with E-state index in [-0.39, 0.29) is 11.9 Å². The maximum atomic E-state index is 13.1. The Labute approximate surface area is 143 Å². The highest BCUT2D eigenvalue weighted by molar-refractivity contribution is 5.79. The Kier molecular flexibility index (Phi) is 4.97. The van der Waals surface area contributed by atoms with E-state index in [1.54, 1.807) is 6.20 Å². The van der Waals surface area contributed by atoms with Crippen LogP contribution in [0.1, 0.15) is 59.8 Å². The number of hydrogen-bond acceptors (Lipinski definition) is 3. The van der Waals surface area contributed by atoms with Gasteiger partial charge in [-0.2, -0.15) is 5.10 Å². The minimum Gasteiger partial charge on any atom is -0.335 e. The van der Waals surface area contributed by atoms with E-state index in [9.17, 15) is 4.79 Å². The summed E-state index contributed by atoms with van der Waals surface area (Å²) in [6, 6.07) is 2.10. The molecule has 1 amide bonds. The van der Waals surface area contributed by atoms with Crippen LogP contribution in [0, 0.1) is 20.8 Å². The summed E-state index contributed by atoms with van der Waals surface area (Å²) >= 11 is 0. The van der Waals surface area contributed by atoms with Crippen LogP contribution >= 0.6 is 0 Å². The second-order valence-electron chi connectivity index (χ2n) is 6.78. The molecule has 0 bridgehead atoms. The van der Waals surface area contributed by atoms with E-state index in [1.165, 1.54) is 12.0 Å². The molecule has 2 aromatic rings. The average Bonchev–Trinajstić information content (AvgIpc) is 2.77. The van der Waals surface area contributed by atoms with Gasteiger partial charge in [0.15, 0.2) is 0 Å². The summed E-state index contributed by atoms with van der Waals surface area (Å²) in [5.74, 6) is 0.193. The fraction of sp³-hybridized carbons (Fsp3) is 0.526. The van der Waals surface area contributed by atoms with Crippen LogP contribution in [0.4, 0.5) is 0 Å². The summed E-state index contributed by atoms with van der Waals surface area (Å²) in [4.78, 5) is 19.3. The molecule has 0 aliphatic carbocycles. The first-order valence-corrected chi connectivity index (χ1v) is 8.78. The van der Waals surface area contributed by atoms with Crippen molar-refractivity contribution in [1.82, 2.24) is 20.1 Å². The van der Waals surface area contributed by atoms with Crippen molar-refractivity contribution in [3.63, 3.8) is 0 Å². The Morgan fingerprint density at radius 1 is 1.29 bits per heavy atom. The number of aryl methyl sites for hydroxylation is 3. The maximum Gasteiger partial charge on any atom is 0.227 e. The third kappa shape index (κ3) is 3.35. The lowest BCUT2D eigenvalue weighted by Gasteiger charge is -2.31. The van der Waals surface area contributed by atoms with Crippen LogP contribution in [-0.2, 0) is 11.2 Å². The van der Waals surface area contributed by atoms with E-state index in [0.717, 1.165) is 48.3 Å². The Morgan fingerprint density at radius 2 is 2.12 bits per heavy atom. The highest BCUT2D eigenvalue weighted by Crippen LogP contribution is 2.33. The maximum absolute atomic E-state index is 13.1. The lowest BCUT2D eigenvalue weighted by Crippen LogP contribution is -2.36. The van der Waals surface area contributed by atoms with Crippen molar-refractivity contribution >= 4 is 5.91 Å². The molecular weight excluding hydrogens is 300 g/mol. The third-order valence-electron chi connectivity index (χ3n) is 5.08. The molecule has 5 heteroatoms. The largest absolute Gasteiger partial charge is 0.335 e. The third-order valence-corrected chi connectivity index (χ3v) is 5.08. The molecule has 1 aliphatic rings. The van der Waals surface area contributed by atoms with Crippen LogP contribution in [0.5, 0.6) is 0 Å². The lowest BCUT2D eigenvalue weighted by molar-refractivity contribution is -0.133. The normalized spacial score (nSPS) is 18.5. The molecule has 1 N–H and O–H groups in total. The molecule has 3 rings (SSSR count). The van der Waals surface area contributed by atoms with Crippen molar-refractivity contribution in [3.8, 4) is 0 Å². The predicted octanol–water partition coefficient (Wildman–Crippen LogP) is 3.42. The van der Waals surface area contributed by atoms with Gasteiger partial charge in [-0.05, 0) is 50.8 Å². The number of nitrogens with zero attached hydrogens (tertiary/aromatic N) is 3. The summed E-state index contributed by atoms with van der Waals surface area (Å²) in [7, 11) is 0. The van der Waals surface area contributed by atoms with Gasteiger partial charge >= 0.3 is 0 Å². The number of amides is 1. The number of rotatable bonds is 3. The van der Waals surface area contributed by atoms with Crippen molar-refractivity contribution in [2.45, 2.75) is 58.9 Å². The number of hydrogen-bond donors (Lipinski definition) is 1. The van der Waals surface area contributed by atoms with Crippen LogP contribution in [0.2, 0.25) is 0 Å². The summed E-state index contributed by atoms with van der Waals surface area (Å²) in [5.41, 5.74) is 5.43. The molecule has 0 aromatic carbocycles. The molecular formula is C19H26N4O. The first-order valence-electron chi connectivity index (χ1n) is 8.78. The molecule has 128 valence electrons. The van der Waals surface area contributed by atoms with Crippen molar-refractivity contribution in [1.29, 1.82) is 0 Å². The number of carbonyl (C=O) groups is 1. The first kappa shape index (κ1) is 16.7. The fourth-order valence-electron chi connectivity index (χ4n) is 3.70. The highest BCUT2D eigenvalue weighted by Gasteiger charge is 2.30. The van der Waals surface area contributed by atoms with E-state index < -0.39 is 0 Å². The number of nitrogens with one attached hydrogen (secondary N) is 1. The van der Waals surface area contributed by atoms with Gasteiger partial charge in [0.25, 0.3) is 0 Å². The van der Waals surface area contributed by atoms with Crippen molar-refractivity contribution in [2.75, 3.05) is 6.54 Å². The lowest BCUT2D eigenvalue weighted by atomic mass is 9.98. The zero-order valence-corrected chi connectivity index (χ0v) is 14.8. The summed E-state index contributed by atoms with van der Waals surface area (Å²) < 4.78 is 0. The zero-order chi connectivity index (χ0) is 17.1. The van der Waals surface area contributed by atoms with Gasteiger partial charge in [-0.3, -0.25) is 14.9 Å².